The summed E-state index contributed by atoms with van der Waals surface area (Å²) in [6.45, 7) is 0. The molecule has 1 aliphatic heterocycles. The van der Waals surface area contributed by atoms with Crippen LogP contribution in [-0.4, -0.2) is 44.2 Å². The number of aromatic nitrogens is 3. The number of hydrogen-bond donors (Lipinski definition) is 0. The highest BCUT2D eigenvalue weighted by molar-refractivity contribution is 8.15. The lowest BCUT2D eigenvalue weighted by Gasteiger charge is -2.19. The zero-order chi connectivity index (χ0) is 29.8. The number of amides is 1. The molecule has 1 saturated heterocycles. The van der Waals surface area contributed by atoms with Gasteiger partial charge in [-0.25, -0.2) is 9.67 Å². The summed E-state index contributed by atoms with van der Waals surface area (Å²) in [5.74, 6) is 0.330. The van der Waals surface area contributed by atoms with Gasteiger partial charge in [-0.15, -0.1) is 23.4 Å². The van der Waals surface area contributed by atoms with Gasteiger partial charge in [0.05, 0.1) is 23.3 Å². The molecule has 0 spiro atoms. The molecule has 4 aromatic carbocycles. The van der Waals surface area contributed by atoms with Crippen molar-refractivity contribution >= 4 is 34.7 Å². The SMILES string of the molecule is O=C1CS/C(=N\N=C\c2ccc(-c3ncn(-c4ccc(OC(F)(F)F)cc4)n3)cc2)N1c1ccccc1-c1ccccc1. The Morgan fingerprint density at radius 3 is 2.33 bits per heavy atom. The second-order valence-electron chi connectivity index (χ2n) is 9.20. The molecular formula is C31H21F3N6O2S. The Balaban J connectivity index is 1.15. The average Bonchev–Trinajstić information content (AvgIpc) is 3.65. The standard InChI is InChI=1S/C31H21F3N6O2S/c32-31(33,34)42-25-16-14-24(15-17-25)39-20-35-29(38-39)23-12-10-21(11-13-23)18-36-37-30-40(28(41)19-43-30)27-9-5-4-8-26(27)22-6-2-1-3-7-22/h1-18,20H,19H2/b36-18+,37-30-. The van der Waals surface area contributed by atoms with Crippen LogP contribution in [0.5, 0.6) is 5.75 Å². The average molecular weight is 599 g/mol. The molecule has 43 heavy (non-hydrogen) atoms. The molecule has 0 N–H and O–H groups in total. The predicted molar refractivity (Wildman–Crippen MR) is 160 cm³/mol. The smallest absolute Gasteiger partial charge is 0.406 e. The van der Waals surface area contributed by atoms with Crippen LogP contribution < -0.4 is 9.64 Å². The number of nitrogens with zero attached hydrogens (tertiary/aromatic N) is 6. The first-order chi connectivity index (χ1) is 20.8. The second kappa shape index (κ2) is 11.9. The van der Waals surface area contributed by atoms with Crippen LogP contribution in [0.4, 0.5) is 18.9 Å². The quantitative estimate of drug-likeness (QED) is 0.149. The van der Waals surface area contributed by atoms with Crippen molar-refractivity contribution < 1.29 is 22.7 Å². The van der Waals surface area contributed by atoms with Gasteiger partial charge in [0.15, 0.2) is 11.0 Å². The van der Waals surface area contributed by atoms with Crippen molar-refractivity contribution in [2.24, 2.45) is 10.2 Å². The number of para-hydroxylation sites is 1. The maximum atomic E-state index is 12.8. The van der Waals surface area contributed by atoms with Gasteiger partial charge in [-0.3, -0.25) is 9.69 Å². The zero-order valence-corrected chi connectivity index (χ0v) is 23.0. The lowest BCUT2D eigenvalue weighted by molar-refractivity contribution is -0.274. The van der Waals surface area contributed by atoms with E-state index in [0.717, 1.165) is 27.9 Å². The topological polar surface area (TPSA) is 85.0 Å². The summed E-state index contributed by atoms with van der Waals surface area (Å²) >= 11 is 1.33. The van der Waals surface area contributed by atoms with Gasteiger partial charge in [-0.05, 0) is 41.5 Å². The van der Waals surface area contributed by atoms with Crippen LogP contribution in [0.3, 0.4) is 0 Å². The van der Waals surface area contributed by atoms with Gasteiger partial charge >= 0.3 is 6.36 Å². The molecule has 1 amide bonds. The molecule has 0 aliphatic carbocycles. The molecule has 8 nitrogen and oxygen atoms in total. The molecule has 0 saturated carbocycles. The normalized spacial score (nSPS) is 14.6. The van der Waals surface area contributed by atoms with Crippen LogP contribution in [0.1, 0.15) is 5.56 Å². The van der Waals surface area contributed by atoms with E-state index in [-0.39, 0.29) is 17.4 Å². The first kappa shape index (κ1) is 27.9. The third-order valence-electron chi connectivity index (χ3n) is 6.34. The fourth-order valence-electron chi connectivity index (χ4n) is 4.39. The Hall–Kier alpha value is -5.23. The van der Waals surface area contributed by atoms with Crippen LogP contribution in [0.25, 0.3) is 28.2 Å². The van der Waals surface area contributed by atoms with E-state index in [1.807, 2.05) is 78.9 Å². The van der Waals surface area contributed by atoms with E-state index in [9.17, 15) is 18.0 Å². The molecule has 0 atom stereocenters. The van der Waals surface area contributed by atoms with Crippen LogP contribution >= 0.6 is 11.8 Å². The van der Waals surface area contributed by atoms with E-state index < -0.39 is 6.36 Å². The summed E-state index contributed by atoms with van der Waals surface area (Å²) in [5.41, 5.74) is 4.71. The van der Waals surface area contributed by atoms with E-state index in [1.54, 1.807) is 11.1 Å². The Labute approximate surface area is 248 Å². The molecule has 0 unspecified atom stereocenters. The highest BCUT2D eigenvalue weighted by Crippen LogP contribution is 2.35. The van der Waals surface area contributed by atoms with Gasteiger partial charge in [0.1, 0.15) is 12.1 Å². The Bertz CT molecular complexity index is 1800. The van der Waals surface area contributed by atoms with Crippen LogP contribution in [0, 0.1) is 0 Å². The van der Waals surface area contributed by atoms with Crippen LogP contribution in [0.2, 0.25) is 0 Å². The summed E-state index contributed by atoms with van der Waals surface area (Å²) in [7, 11) is 0. The van der Waals surface area contributed by atoms with Crippen molar-refractivity contribution in [3.05, 3.63) is 115 Å². The molecule has 1 fully saturated rings. The van der Waals surface area contributed by atoms with E-state index in [2.05, 4.69) is 25.0 Å². The van der Waals surface area contributed by atoms with Crippen molar-refractivity contribution in [1.82, 2.24) is 14.8 Å². The number of alkyl halides is 3. The largest absolute Gasteiger partial charge is 0.573 e. The number of rotatable bonds is 7. The molecule has 1 aliphatic rings. The van der Waals surface area contributed by atoms with E-state index >= 15 is 0 Å². The molecule has 6 rings (SSSR count). The van der Waals surface area contributed by atoms with Crippen molar-refractivity contribution in [3.63, 3.8) is 0 Å². The van der Waals surface area contributed by atoms with Crippen molar-refractivity contribution in [3.8, 4) is 34.0 Å². The highest BCUT2D eigenvalue weighted by atomic mass is 32.2. The summed E-state index contributed by atoms with van der Waals surface area (Å²) in [6.07, 6.45) is -1.68. The van der Waals surface area contributed by atoms with Gasteiger partial charge in [-0.1, -0.05) is 84.6 Å². The van der Waals surface area contributed by atoms with Gasteiger partial charge in [0.2, 0.25) is 5.91 Å². The molecule has 214 valence electrons. The van der Waals surface area contributed by atoms with Crippen molar-refractivity contribution in [2.45, 2.75) is 6.36 Å². The van der Waals surface area contributed by atoms with E-state index in [1.165, 1.54) is 47.0 Å². The maximum absolute atomic E-state index is 12.8. The van der Waals surface area contributed by atoms with Gasteiger partial charge in [0, 0.05) is 11.1 Å². The summed E-state index contributed by atoms with van der Waals surface area (Å²) in [4.78, 5) is 18.8. The summed E-state index contributed by atoms with van der Waals surface area (Å²) < 4.78 is 42.6. The first-order valence-electron chi connectivity index (χ1n) is 12.9. The first-order valence-corrected chi connectivity index (χ1v) is 13.9. The number of hydrogen-bond acceptors (Lipinski definition) is 7. The maximum Gasteiger partial charge on any atom is 0.573 e. The number of ether oxygens (including phenoxy) is 1. The van der Waals surface area contributed by atoms with Crippen LogP contribution in [0.15, 0.2) is 120 Å². The van der Waals surface area contributed by atoms with Crippen molar-refractivity contribution in [2.75, 3.05) is 10.7 Å². The number of amidine groups is 1. The van der Waals surface area contributed by atoms with Gasteiger partial charge in [0.25, 0.3) is 0 Å². The molecular weight excluding hydrogens is 577 g/mol. The number of thioether (sulfide) groups is 1. The lowest BCUT2D eigenvalue weighted by atomic mass is 10.0. The number of carbonyl (C=O) groups excluding carboxylic acids is 1. The van der Waals surface area contributed by atoms with Gasteiger partial charge < -0.3 is 4.74 Å². The molecule has 12 heteroatoms. The monoisotopic (exact) mass is 598 g/mol. The minimum atomic E-state index is -4.75. The third-order valence-corrected chi connectivity index (χ3v) is 7.25. The molecule has 0 bridgehead atoms. The number of carbonyl (C=O) groups is 1. The Morgan fingerprint density at radius 2 is 1.58 bits per heavy atom. The second-order valence-corrected chi connectivity index (χ2v) is 10.1. The van der Waals surface area contributed by atoms with E-state index in [4.69, 9.17) is 0 Å². The van der Waals surface area contributed by atoms with Gasteiger partial charge in [-0.2, -0.15) is 5.10 Å². The Morgan fingerprint density at radius 1 is 0.860 bits per heavy atom. The predicted octanol–water partition coefficient (Wildman–Crippen LogP) is 6.97. The highest BCUT2D eigenvalue weighted by Gasteiger charge is 2.32. The number of halogens is 3. The number of anilines is 1. The molecule has 5 aromatic rings. The molecule has 0 radical (unpaired) electrons. The number of benzene rings is 4. The zero-order valence-electron chi connectivity index (χ0n) is 22.2. The minimum absolute atomic E-state index is 0.0656. The van der Waals surface area contributed by atoms with Crippen LogP contribution in [-0.2, 0) is 4.79 Å². The third kappa shape index (κ3) is 6.49. The minimum Gasteiger partial charge on any atom is -0.406 e. The van der Waals surface area contributed by atoms with E-state index in [0.29, 0.717) is 16.7 Å². The Kier molecular flexibility index (Phi) is 7.75. The molecule has 1 aromatic heterocycles. The van der Waals surface area contributed by atoms with Crippen molar-refractivity contribution in [1.29, 1.82) is 0 Å². The molecule has 2 heterocycles. The lowest BCUT2D eigenvalue weighted by Crippen LogP contribution is -2.29. The summed E-state index contributed by atoms with van der Waals surface area (Å²) in [6, 6.07) is 30.2. The fraction of sp³-hybridized carbons (Fsp3) is 0.0645. The fourth-order valence-corrected chi connectivity index (χ4v) is 5.20. The summed E-state index contributed by atoms with van der Waals surface area (Å²) in [5, 5.41) is 13.5.